The van der Waals surface area contributed by atoms with Crippen LogP contribution in [-0.2, 0) is 0 Å². The van der Waals surface area contributed by atoms with Crippen molar-refractivity contribution >= 4 is 17.5 Å². The van der Waals surface area contributed by atoms with Crippen LogP contribution in [0.5, 0.6) is 0 Å². The number of amides is 1. The van der Waals surface area contributed by atoms with Crippen molar-refractivity contribution in [2.75, 3.05) is 6.54 Å². The molecule has 1 aliphatic rings. The van der Waals surface area contributed by atoms with Gasteiger partial charge in [-0.1, -0.05) is 17.7 Å². The molecule has 1 aromatic heterocycles. The lowest BCUT2D eigenvalue weighted by Crippen LogP contribution is -2.42. The standard InChI is InChI=1S/C17H21ClN4O/c1-11-7-8-14(10-15(11)18)22-19-13(3)16(20-22)17(23)21-9-5-4-6-12(21)2/h7-8,10,12H,4-6,9H2,1-3H3/t12-/m0/s1. The molecule has 0 aliphatic carbocycles. The van der Waals surface area contributed by atoms with Crippen LogP contribution in [0.15, 0.2) is 18.2 Å². The van der Waals surface area contributed by atoms with Gasteiger partial charge in [0.15, 0.2) is 5.69 Å². The number of nitrogens with zero attached hydrogens (tertiary/aromatic N) is 4. The van der Waals surface area contributed by atoms with Crippen LogP contribution in [0.3, 0.4) is 0 Å². The average molecular weight is 333 g/mol. The van der Waals surface area contributed by atoms with Gasteiger partial charge in [0.2, 0.25) is 0 Å². The van der Waals surface area contributed by atoms with Crippen LogP contribution in [0.1, 0.15) is 47.9 Å². The first-order chi connectivity index (χ1) is 11.0. The zero-order valence-electron chi connectivity index (χ0n) is 13.7. The first-order valence-corrected chi connectivity index (χ1v) is 8.36. The fourth-order valence-corrected chi connectivity index (χ4v) is 3.11. The Bertz CT molecular complexity index is 740. The van der Waals surface area contributed by atoms with E-state index in [0.29, 0.717) is 16.4 Å². The lowest BCUT2D eigenvalue weighted by atomic mass is 10.0. The van der Waals surface area contributed by atoms with Gasteiger partial charge in [-0.2, -0.15) is 9.90 Å². The third-order valence-electron chi connectivity index (χ3n) is 4.43. The monoisotopic (exact) mass is 332 g/mol. The molecule has 0 unspecified atom stereocenters. The van der Waals surface area contributed by atoms with Gasteiger partial charge < -0.3 is 4.90 Å². The molecule has 1 fully saturated rings. The van der Waals surface area contributed by atoms with Gasteiger partial charge in [0, 0.05) is 17.6 Å². The number of halogens is 1. The molecule has 0 saturated carbocycles. The third kappa shape index (κ3) is 3.11. The number of benzene rings is 1. The van der Waals surface area contributed by atoms with Gasteiger partial charge in [-0.15, -0.1) is 5.10 Å². The Balaban J connectivity index is 1.91. The van der Waals surface area contributed by atoms with E-state index in [-0.39, 0.29) is 11.9 Å². The number of carbonyl (C=O) groups excluding carboxylic acids is 1. The molecular weight excluding hydrogens is 312 g/mol. The number of piperidine rings is 1. The Hall–Kier alpha value is -1.88. The zero-order chi connectivity index (χ0) is 16.6. The van der Waals surface area contributed by atoms with Crippen molar-refractivity contribution in [3.63, 3.8) is 0 Å². The van der Waals surface area contributed by atoms with E-state index in [2.05, 4.69) is 17.1 Å². The van der Waals surface area contributed by atoms with Crippen LogP contribution < -0.4 is 0 Å². The summed E-state index contributed by atoms with van der Waals surface area (Å²) in [4.78, 5) is 16.2. The second kappa shape index (κ2) is 6.32. The number of rotatable bonds is 2. The van der Waals surface area contributed by atoms with Crippen LogP contribution in [0.2, 0.25) is 5.02 Å². The number of hydrogen-bond acceptors (Lipinski definition) is 3. The van der Waals surface area contributed by atoms with Crippen molar-refractivity contribution in [3.05, 3.63) is 40.2 Å². The quantitative estimate of drug-likeness (QED) is 0.845. The van der Waals surface area contributed by atoms with Crippen molar-refractivity contribution in [2.45, 2.75) is 46.1 Å². The highest BCUT2D eigenvalue weighted by Crippen LogP contribution is 2.21. The fraction of sp³-hybridized carbons (Fsp3) is 0.471. The molecule has 0 spiro atoms. The van der Waals surface area contributed by atoms with E-state index in [1.165, 1.54) is 11.2 Å². The Morgan fingerprint density at radius 3 is 2.74 bits per heavy atom. The van der Waals surface area contributed by atoms with E-state index in [9.17, 15) is 4.79 Å². The van der Waals surface area contributed by atoms with E-state index in [1.54, 1.807) is 0 Å². The van der Waals surface area contributed by atoms with E-state index in [4.69, 9.17) is 11.6 Å². The average Bonchev–Trinajstić information content (AvgIpc) is 2.92. The van der Waals surface area contributed by atoms with Gasteiger partial charge >= 0.3 is 0 Å². The van der Waals surface area contributed by atoms with Gasteiger partial charge in [0.1, 0.15) is 0 Å². The van der Waals surface area contributed by atoms with Crippen LogP contribution >= 0.6 is 11.6 Å². The zero-order valence-corrected chi connectivity index (χ0v) is 14.5. The van der Waals surface area contributed by atoms with Gasteiger partial charge in [0.05, 0.1) is 11.4 Å². The summed E-state index contributed by atoms with van der Waals surface area (Å²) in [7, 11) is 0. The summed E-state index contributed by atoms with van der Waals surface area (Å²) in [5, 5.41) is 9.47. The second-order valence-electron chi connectivity index (χ2n) is 6.20. The Kier molecular flexibility index (Phi) is 4.39. The normalized spacial score (nSPS) is 18.3. The number of aromatic nitrogens is 3. The molecule has 1 amide bonds. The van der Waals surface area contributed by atoms with E-state index in [1.807, 2.05) is 36.9 Å². The van der Waals surface area contributed by atoms with Crippen molar-refractivity contribution in [3.8, 4) is 5.69 Å². The second-order valence-corrected chi connectivity index (χ2v) is 6.61. The highest BCUT2D eigenvalue weighted by molar-refractivity contribution is 6.31. The molecule has 2 heterocycles. The molecule has 23 heavy (non-hydrogen) atoms. The number of carbonyl (C=O) groups is 1. The van der Waals surface area contributed by atoms with Crippen LogP contribution in [0, 0.1) is 13.8 Å². The maximum atomic E-state index is 12.8. The minimum absolute atomic E-state index is 0.0286. The van der Waals surface area contributed by atoms with E-state index in [0.717, 1.165) is 30.6 Å². The molecule has 5 nitrogen and oxygen atoms in total. The van der Waals surface area contributed by atoms with Crippen molar-refractivity contribution in [1.29, 1.82) is 0 Å². The topological polar surface area (TPSA) is 51.0 Å². The molecule has 1 atom stereocenters. The van der Waals surface area contributed by atoms with E-state index < -0.39 is 0 Å². The van der Waals surface area contributed by atoms with Crippen molar-refractivity contribution < 1.29 is 4.79 Å². The fourth-order valence-electron chi connectivity index (χ4n) is 2.93. The SMILES string of the molecule is Cc1ccc(-n2nc(C)c(C(=O)N3CCCC[C@@H]3C)n2)cc1Cl. The minimum Gasteiger partial charge on any atom is -0.334 e. The summed E-state index contributed by atoms with van der Waals surface area (Å²) in [5.74, 6) is -0.0286. The van der Waals surface area contributed by atoms with Gasteiger partial charge in [-0.05, 0) is 57.7 Å². The third-order valence-corrected chi connectivity index (χ3v) is 4.84. The maximum Gasteiger partial charge on any atom is 0.276 e. The maximum absolute atomic E-state index is 12.8. The molecule has 0 radical (unpaired) electrons. The molecule has 6 heteroatoms. The van der Waals surface area contributed by atoms with Crippen LogP contribution in [0.4, 0.5) is 0 Å². The molecule has 1 aliphatic heterocycles. The van der Waals surface area contributed by atoms with Gasteiger partial charge in [0.25, 0.3) is 5.91 Å². The molecule has 122 valence electrons. The molecule has 2 aromatic rings. The Labute approximate surface area is 141 Å². The van der Waals surface area contributed by atoms with Crippen molar-refractivity contribution in [2.24, 2.45) is 0 Å². The molecule has 3 rings (SSSR count). The number of hydrogen-bond donors (Lipinski definition) is 0. The highest BCUT2D eigenvalue weighted by Gasteiger charge is 2.28. The molecular formula is C17H21ClN4O. The summed E-state index contributed by atoms with van der Waals surface area (Å²) in [6, 6.07) is 5.89. The molecule has 1 aromatic carbocycles. The summed E-state index contributed by atoms with van der Waals surface area (Å²) in [6.45, 7) is 6.65. The summed E-state index contributed by atoms with van der Waals surface area (Å²) < 4.78 is 0. The first kappa shape index (κ1) is 16.0. The molecule has 1 saturated heterocycles. The van der Waals surface area contributed by atoms with Crippen LogP contribution in [-0.4, -0.2) is 38.4 Å². The largest absolute Gasteiger partial charge is 0.334 e. The van der Waals surface area contributed by atoms with E-state index >= 15 is 0 Å². The lowest BCUT2D eigenvalue weighted by molar-refractivity contribution is 0.0628. The predicted octanol–water partition coefficient (Wildman–Crippen LogP) is 3.55. The first-order valence-electron chi connectivity index (χ1n) is 7.99. The highest BCUT2D eigenvalue weighted by atomic mass is 35.5. The molecule has 0 N–H and O–H groups in total. The lowest BCUT2D eigenvalue weighted by Gasteiger charge is -2.32. The van der Waals surface area contributed by atoms with Crippen molar-refractivity contribution in [1.82, 2.24) is 19.9 Å². The van der Waals surface area contributed by atoms with Gasteiger partial charge in [-0.25, -0.2) is 0 Å². The number of likely N-dealkylation sites (tertiary alicyclic amines) is 1. The van der Waals surface area contributed by atoms with Gasteiger partial charge in [-0.3, -0.25) is 4.79 Å². The smallest absolute Gasteiger partial charge is 0.276 e. The summed E-state index contributed by atoms with van der Waals surface area (Å²) in [6.07, 6.45) is 3.28. The van der Waals surface area contributed by atoms with Crippen LogP contribution in [0.25, 0.3) is 5.69 Å². The Morgan fingerprint density at radius 2 is 2.04 bits per heavy atom. The number of aryl methyl sites for hydroxylation is 2. The summed E-state index contributed by atoms with van der Waals surface area (Å²) >= 11 is 6.17. The minimum atomic E-state index is -0.0286. The molecule has 0 bridgehead atoms. The Morgan fingerprint density at radius 1 is 1.26 bits per heavy atom. The summed E-state index contributed by atoms with van der Waals surface area (Å²) in [5.41, 5.74) is 2.83. The predicted molar refractivity (Wildman–Crippen MR) is 90.2 cm³/mol.